The molecule has 0 saturated carbocycles. The van der Waals surface area contributed by atoms with Gasteiger partial charge in [0.1, 0.15) is 0 Å². The molecule has 1 saturated heterocycles. The van der Waals surface area contributed by atoms with Crippen LogP contribution in [0.3, 0.4) is 0 Å². The van der Waals surface area contributed by atoms with Crippen molar-refractivity contribution in [1.82, 2.24) is 10.2 Å². The average Bonchev–Trinajstić information content (AvgIpc) is 2.89. The summed E-state index contributed by atoms with van der Waals surface area (Å²) in [4.78, 5) is 4.00. The SMILES string of the molecule is Cc1ccc(C(c2ccc(Br)s2)N2CCNCC2)cc1. The minimum absolute atomic E-state index is 0.383. The van der Waals surface area contributed by atoms with E-state index in [1.807, 2.05) is 11.3 Å². The van der Waals surface area contributed by atoms with Crippen LogP contribution < -0.4 is 5.32 Å². The number of rotatable bonds is 3. The molecule has 0 amide bonds. The molecule has 2 aromatic rings. The summed E-state index contributed by atoms with van der Waals surface area (Å²) in [6.07, 6.45) is 0. The number of hydrogen-bond acceptors (Lipinski definition) is 3. The van der Waals surface area contributed by atoms with Gasteiger partial charge in [-0.05, 0) is 40.5 Å². The van der Waals surface area contributed by atoms with Gasteiger partial charge in [0.2, 0.25) is 0 Å². The summed E-state index contributed by atoms with van der Waals surface area (Å²) in [5, 5.41) is 3.44. The van der Waals surface area contributed by atoms with E-state index in [9.17, 15) is 0 Å². The van der Waals surface area contributed by atoms with Crippen molar-refractivity contribution < 1.29 is 0 Å². The number of nitrogens with one attached hydrogen (secondary N) is 1. The highest BCUT2D eigenvalue weighted by Gasteiger charge is 2.24. The minimum Gasteiger partial charge on any atom is -0.314 e. The van der Waals surface area contributed by atoms with E-state index < -0.39 is 0 Å². The average molecular weight is 351 g/mol. The Kier molecular flexibility index (Phi) is 4.56. The second kappa shape index (κ2) is 6.39. The van der Waals surface area contributed by atoms with Gasteiger partial charge in [-0.25, -0.2) is 0 Å². The predicted molar refractivity (Wildman–Crippen MR) is 89.5 cm³/mol. The van der Waals surface area contributed by atoms with Crippen molar-refractivity contribution in [2.75, 3.05) is 26.2 Å². The Bertz CT molecular complexity index is 558. The molecule has 1 fully saturated rings. The molecule has 2 nitrogen and oxygen atoms in total. The lowest BCUT2D eigenvalue weighted by molar-refractivity contribution is 0.200. The fourth-order valence-corrected chi connectivity index (χ4v) is 4.31. The zero-order valence-electron chi connectivity index (χ0n) is 11.6. The van der Waals surface area contributed by atoms with Crippen LogP contribution in [0.2, 0.25) is 0 Å². The van der Waals surface area contributed by atoms with Gasteiger partial charge in [-0.1, -0.05) is 29.8 Å². The molecule has 1 N–H and O–H groups in total. The first-order chi connectivity index (χ1) is 9.74. The number of halogens is 1. The van der Waals surface area contributed by atoms with Gasteiger partial charge in [-0.2, -0.15) is 0 Å². The highest BCUT2D eigenvalue weighted by Crippen LogP contribution is 2.35. The summed E-state index contributed by atoms with van der Waals surface area (Å²) in [7, 11) is 0. The molecule has 2 heterocycles. The van der Waals surface area contributed by atoms with E-state index >= 15 is 0 Å². The molecular weight excluding hydrogens is 332 g/mol. The first kappa shape index (κ1) is 14.3. The molecule has 1 aliphatic rings. The van der Waals surface area contributed by atoms with Gasteiger partial charge in [-0.15, -0.1) is 11.3 Å². The van der Waals surface area contributed by atoms with Gasteiger partial charge < -0.3 is 5.32 Å². The summed E-state index contributed by atoms with van der Waals surface area (Å²) in [6, 6.07) is 13.8. The van der Waals surface area contributed by atoms with Crippen LogP contribution in [-0.2, 0) is 0 Å². The highest BCUT2D eigenvalue weighted by molar-refractivity contribution is 9.11. The van der Waals surface area contributed by atoms with E-state index in [1.54, 1.807) is 0 Å². The van der Waals surface area contributed by atoms with Crippen LogP contribution in [0, 0.1) is 6.92 Å². The summed E-state index contributed by atoms with van der Waals surface area (Å²) in [5.74, 6) is 0. The Morgan fingerprint density at radius 3 is 2.40 bits per heavy atom. The summed E-state index contributed by atoms with van der Waals surface area (Å²) in [6.45, 7) is 6.51. The molecule has 3 rings (SSSR count). The normalized spacial score (nSPS) is 18.1. The Balaban J connectivity index is 1.95. The number of thiophene rings is 1. The number of aryl methyl sites for hydroxylation is 1. The smallest absolute Gasteiger partial charge is 0.0702 e. The fourth-order valence-electron chi connectivity index (χ4n) is 2.72. The van der Waals surface area contributed by atoms with Crippen molar-refractivity contribution in [3.8, 4) is 0 Å². The maximum atomic E-state index is 3.60. The summed E-state index contributed by atoms with van der Waals surface area (Å²) < 4.78 is 1.21. The molecule has 1 atom stereocenters. The third-order valence-electron chi connectivity index (χ3n) is 3.77. The van der Waals surface area contributed by atoms with Gasteiger partial charge >= 0.3 is 0 Å². The summed E-state index contributed by atoms with van der Waals surface area (Å²) >= 11 is 5.44. The quantitative estimate of drug-likeness (QED) is 0.905. The number of piperazine rings is 1. The predicted octanol–water partition coefficient (Wildman–Crippen LogP) is 3.81. The second-order valence-corrected chi connectivity index (χ2v) is 7.74. The van der Waals surface area contributed by atoms with Crippen LogP contribution in [0.25, 0.3) is 0 Å². The Morgan fingerprint density at radius 2 is 1.80 bits per heavy atom. The molecule has 0 aliphatic carbocycles. The van der Waals surface area contributed by atoms with E-state index in [-0.39, 0.29) is 0 Å². The molecule has 20 heavy (non-hydrogen) atoms. The van der Waals surface area contributed by atoms with Crippen LogP contribution in [0.15, 0.2) is 40.2 Å². The topological polar surface area (TPSA) is 15.3 Å². The Labute approximate surface area is 132 Å². The fraction of sp³-hybridized carbons (Fsp3) is 0.375. The Morgan fingerprint density at radius 1 is 1.10 bits per heavy atom. The minimum atomic E-state index is 0.383. The molecular formula is C16H19BrN2S. The molecule has 4 heteroatoms. The van der Waals surface area contributed by atoms with Crippen molar-refractivity contribution in [3.63, 3.8) is 0 Å². The van der Waals surface area contributed by atoms with Gasteiger partial charge in [0.25, 0.3) is 0 Å². The molecule has 1 aromatic heterocycles. The molecule has 0 spiro atoms. The van der Waals surface area contributed by atoms with Gasteiger partial charge in [-0.3, -0.25) is 4.90 Å². The van der Waals surface area contributed by atoms with Crippen molar-refractivity contribution in [3.05, 3.63) is 56.2 Å². The van der Waals surface area contributed by atoms with E-state index in [2.05, 4.69) is 69.5 Å². The van der Waals surface area contributed by atoms with Gasteiger partial charge in [0, 0.05) is 31.1 Å². The third kappa shape index (κ3) is 3.14. The van der Waals surface area contributed by atoms with Crippen LogP contribution >= 0.6 is 27.3 Å². The second-order valence-electron chi connectivity index (χ2n) is 5.24. The molecule has 1 aromatic carbocycles. The van der Waals surface area contributed by atoms with Crippen LogP contribution in [0.5, 0.6) is 0 Å². The first-order valence-electron chi connectivity index (χ1n) is 7.00. The maximum absolute atomic E-state index is 3.60. The van der Waals surface area contributed by atoms with Crippen molar-refractivity contribution in [2.24, 2.45) is 0 Å². The van der Waals surface area contributed by atoms with Crippen LogP contribution in [0.1, 0.15) is 22.0 Å². The Hall–Kier alpha value is -0.680. The lowest BCUT2D eigenvalue weighted by Crippen LogP contribution is -2.45. The number of hydrogen-bond donors (Lipinski definition) is 1. The maximum Gasteiger partial charge on any atom is 0.0702 e. The standard InChI is InChI=1S/C16H19BrN2S/c1-12-2-4-13(5-3-12)16(14-6-7-15(17)20-14)19-10-8-18-9-11-19/h2-7,16,18H,8-11H2,1H3. The molecule has 1 aliphatic heterocycles. The third-order valence-corrected chi connectivity index (χ3v) is 5.45. The van der Waals surface area contributed by atoms with Gasteiger partial charge in [0.15, 0.2) is 0 Å². The van der Waals surface area contributed by atoms with E-state index in [0.29, 0.717) is 6.04 Å². The van der Waals surface area contributed by atoms with E-state index in [1.165, 1.54) is 19.8 Å². The molecule has 1 unspecified atom stereocenters. The molecule has 106 valence electrons. The zero-order valence-corrected chi connectivity index (χ0v) is 14.0. The molecule has 0 bridgehead atoms. The monoisotopic (exact) mass is 350 g/mol. The molecule has 0 radical (unpaired) electrons. The highest BCUT2D eigenvalue weighted by atomic mass is 79.9. The van der Waals surface area contributed by atoms with E-state index in [4.69, 9.17) is 0 Å². The van der Waals surface area contributed by atoms with Crippen LogP contribution in [0.4, 0.5) is 0 Å². The largest absolute Gasteiger partial charge is 0.314 e. The number of benzene rings is 1. The number of nitrogens with zero attached hydrogens (tertiary/aromatic N) is 1. The lowest BCUT2D eigenvalue weighted by Gasteiger charge is -2.34. The first-order valence-corrected chi connectivity index (χ1v) is 8.61. The van der Waals surface area contributed by atoms with Crippen molar-refractivity contribution >= 4 is 27.3 Å². The zero-order chi connectivity index (χ0) is 13.9. The van der Waals surface area contributed by atoms with E-state index in [0.717, 1.165) is 26.2 Å². The van der Waals surface area contributed by atoms with Crippen molar-refractivity contribution in [1.29, 1.82) is 0 Å². The van der Waals surface area contributed by atoms with Crippen molar-refractivity contribution in [2.45, 2.75) is 13.0 Å². The lowest BCUT2D eigenvalue weighted by atomic mass is 10.0. The summed E-state index contributed by atoms with van der Waals surface area (Å²) in [5.41, 5.74) is 2.71. The van der Waals surface area contributed by atoms with Crippen LogP contribution in [-0.4, -0.2) is 31.1 Å². The van der Waals surface area contributed by atoms with Gasteiger partial charge in [0.05, 0.1) is 9.83 Å².